The summed E-state index contributed by atoms with van der Waals surface area (Å²) >= 11 is 0. The minimum atomic E-state index is 0.00936. The number of amides is 1. The number of carbonyl (C=O) groups is 1. The Kier molecular flexibility index (Phi) is 6.02. The monoisotopic (exact) mass is 283 g/mol. The van der Waals surface area contributed by atoms with Crippen LogP contribution in [0.1, 0.15) is 47.5 Å². The molecule has 0 saturated carbocycles. The van der Waals surface area contributed by atoms with Crippen LogP contribution in [-0.2, 0) is 4.79 Å². The number of nitrogens with one attached hydrogen (secondary N) is 1. The predicted octanol–water partition coefficient (Wildman–Crippen LogP) is 2.16. The Morgan fingerprint density at radius 3 is 2.40 bits per heavy atom. The fraction of sp³-hybridized carbons (Fsp3) is 0.938. The molecule has 1 heterocycles. The predicted molar refractivity (Wildman–Crippen MR) is 84.5 cm³/mol. The van der Waals surface area contributed by atoms with E-state index in [2.05, 4.69) is 63.8 Å². The Hall–Kier alpha value is -0.610. The summed E-state index contributed by atoms with van der Waals surface area (Å²) in [6, 6.07) is 0.00936. The molecule has 118 valence electrons. The average Bonchev–Trinajstić information content (AvgIpc) is 2.54. The third kappa shape index (κ3) is 4.74. The smallest absolute Gasteiger partial charge is 0.241 e. The molecular weight excluding hydrogens is 250 g/mol. The van der Waals surface area contributed by atoms with E-state index in [9.17, 15) is 4.79 Å². The average molecular weight is 283 g/mol. The first-order valence-corrected chi connectivity index (χ1v) is 7.87. The van der Waals surface area contributed by atoms with Crippen LogP contribution in [-0.4, -0.2) is 55.1 Å². The fourth-order valence-corrected chi connectivity index (χ4v) is 3.28. The van der Waals surface area contributed by atoms with Gasteiger partial charge in [-0.25, -0.2) is 0 Å². The molecule has 1 amide bonds. The molecule has 2 atom stereocenters. The van der Waals surface area contributed by atoms with Crippen molar-refractivity contribution in [3.05, 3.63) is 0 Å². The molecule has 0 radical (unpaired) electrons. The molecule has 4 heteroatoms. The van der Waals surface area contributed by atoms with Crippen LogP contribution in [0.25, 0.3) is 0 Å². The van der Waals surface area contributed by atoms with Crippen molar-refractivity contribution in [3.63, 3.8) is 0 Å². The summed E-state index contributed by atoms with van der Waals surface area (Å²) in [6.45, 7) is 12.8. The molecule has 1 saturated heterocycles. The molecule has 0 spiro atoms. The maximum Gasteiger partial charge on any atom is 0.241 e. The molecule has 1 aliphatic heterocycles. The lowest BCUT2D eigenvalue weighted by Crippen LogP contribution is -2.45. The van der Waals surface area contributed by atoms with Crippen LogP contribution >= 0.6 is 0 Å². The minimum Gasteiger partial charge on any atom is -0.325 e. The van der Waals surface area contributed by atoms with E-state index in [0.29, 0.717) is 5.92 Å². The van der Waals surface area contributed by atoms with Gasteiger partial charge in [0.2, 0.25) is 5.91 Å². The van der Waals surface area contributed by atoms with E-state index in [1.807, 2.05) is 0 Å². The Morgan fingerprint density at radius 1 is 1.35 bits per heavy atom. The van der Waals surface area contributed by atoms with Crippen molar-refractivity contribution in [1.82, 2.24) is 15.1 Å². The summed E-state index contributed by atoms with van der Waals surface area (Å²) < 4.78 is 0. The highest BCUT2D eigenvalue weighted by molar-refractivity contribution is 5.84. The second kappa shape index (κ2) is 6.90. The highest BCUT2D eigenvalue weighted by Gasteiger charge is 2.40. The first-order chi connectivity index (χ1) is 9.16. The SMILES string of the molecule is CCC1NC(CC(C)C)C(=O)N1CC(C)(C)CN(C)C. The first kappa shape index (κ1) is 17.4. The van der Waals surface area contributed by atoms with Crippen molar-refractivity contribution in [2.45, 2.75) is 59.7 Å². The molecule has 0 aromatic rings. The molecule has 4 nitrogen and oxygen atoms in total. The minimum absolute atomic E-state index is 0.00936. The van der Waals surface area contributed by atoms with Crippen molar-refractivity contribution in [3.8, 4) is 0 Å². The molecular formula is C16H33N3O. The van der Waals surface area contributed by atoms with E-state index < -0.39 is 0 Å². The van der Waals surface area contributed by atoms with Gasteiger partial charge in [0.25, 0.3) is 0 Å². The van der Waals surface area contributed by atoms with Crippen LogP contribution in [0.3, 0.4) is 0 Å². The van der Waals surface area contributed by atoms with Crippen LogP contribution in [0.15, 0.2) is 0 Å². The topological polar surface area (TPSA) is 35.6 Å². The van der Waals surface area contributed by atoms with Crippen LogP contribution in [0.5, 0.6) is 0 Å². The maximum absolute atomic E-state index is 12.6. The zero-order valence-electron chi connectivity index (χ0n) is 14.4. The number of hydrogen-bond donors (Lipinski definition) is 1. The molecule has 1 aliphatic rings. The van der Waals surface area contributed by atoms with E-state index >= 15 is 0 Å². The molecule has 0 aromatic carbocycles. The second-order valence-electron chi connectivity index (χ2n) is 7.64. The van der Waals surface area contributed by atoms with Crippen LogP contribution < -0.4 is 5.32 Å². The summed E-state index contributed by atoms with van der Waals surface area (Å²) in [5.74, 6) is 0.834. The Labute approximate surface area is 124 Å². The van der Waals surface area contributed by atoms with Gasteiger partial charge in [-0.2, -0.15) is 0 Å². The number of hydrogen-bond acceptors (Lipinski definition) is 3. The van der Waals surface area contributed by atoms with E-state index in [-0.39, 0.29) is 23.5 Å². The molecule has 20 heavy (non-hydrogen) atoms. The molecule has 1 N–H and O–H groups in total. The van der Waals surface area contributed by atoms with Crippen molar-refractivity contribution in [1.29, 1.82) is 0 Å². The van der Waals surface area contributed by atoms with E-state index in [1.54, 1.807) is 0 Å². The van der Waals surface area contributed by atoms with Gasteiger partial charge in [-0.3, -0.25) is 10.1 Å². The number of nitrogens with zero attached hydrogens (tertiary/aromatic N) is 2. The second-order valence-corrected chi connectivity index (χ2v) is 7.64. The summed E-state index contributed by atoms with van der Waals surface area (Å²) in [6.07, 6.45) is 2.10. The summed E-state index contributed by atoms with van der Waals surface area (Å²) in [4.78, 5) is 16.9. The number of rotatable bonds is 7. The van der Waals surface area contributed by atoms with Gasteiger partial charge in [0.15, 0.2) is 0 Å². The lowest BCUT2D eigenvalue weighted by atomic mass is 9.91. The van der Waals surface area contributed by atoms with Crippen LogP contribution in [0.2, 0.25) is 0 Å². The Morgan fingerprint density at radius 2 is 1.95 bits per heavy atom. The molecule has 0 aromatic heterocycles. The molecule has 2 unspecified atom stereocenters. The Balaban J connectivity index is 2.74. The van der Waals surface area contributed by atoms with Gasteiger partial charge in [0.1, 0.15) is 0 Å². The summed E-state index contributed by atoms with van der Waals surface area (Å²) in [7, 11) is 4.18. The van der Waals surface area contributed by atoms with Crippen molar-refractivity contribution >= 4 is 5.91 Å². The van der Waals surface area contributed by atoms with Crippen molar-refractivity contribution in [2.75, 3.05) is 27.2 Å². The van der Waals surface area contributed by atoms with Gasteiger partial charge in [0.05, 0.1) is 12.2 Å². The van der Waals surface area contributed by atoms with E-state index in [0.717, 1.165) is 25.9 Å². The van der Waals surface area contributed by atoms with Crippen LogP contribution in [0.4, 0.5) is 0 Å². The van der Waals surface area contributed by atoms with Gasteiger partial charge in [0, 0.05) is 13.1 Å². The molecule has 0 aliphatic carbocycles. The first-order valence-electron chi connectivity index (χ1n) is 7.87. The van der Waals surface area contributed by atoms with Crippen LogP contribution in [0, 0.1) is 11.3 Å². The zero-order valence-corrected chi connectivity index (χ0v) is 14.4. The fourth-order valence-electron chi connectivity index (χ4n) is 3.28. The van der Waals surface area contributed by atoms with Gasteiger partial charge in [-0.1, -0.05) is 34.6 Å². The maximum atomic E-state index is 12.6. The molecule has 0 bridgehead atoms. The van der Waals surface area contributed by atoms with Crippen molar-refractivity contribution < 1.29 is 4.79 Å². The summed E-state index contributed by atoms with van der Waals surface area (Å²) in [5.41, 5.74) is 0.112. The quantitative estimate of drug-likeness (QED) is 0.778. The van der Waals surface area contributed by atoms with Gasteiger partial charge in [-0.15, -0.1) is 0 Å². The zero-order chi connectivity index (χ0) is 15.5. The Bertz CT molecular complexity index is 326. The van der Waals surface area contributed by atoms with E-state index in [1.165, 1.54) is 0 Å². The van der Waals surface area contributed by atoms with Gasteiger partial charge >= 0.3 is 0 Å². The molecule has 1 rings (SSSR count). The highest BCUT2D eigenvalue weighted by Crippen LogP contribution is 2.25. The standard InChI is InChI=1S/C16H33N3O/c1-8-14-17-13(9-12(2)3)15(20)19(14)11-16(4,5)10-18(6)7/h12-14,17H,8-11H2,1-7H3. The van der Waals surface area contributed by atoms with Gasteiger partial charge < -0.3 is 9.80 Å². The lowest BCUT2D eigenvalue weighted by molar-refractivity contribution is -0.131. The van der Waals surface area contributed by atoms with Gasteiger partial charge in [-0.05, 0) is 38.3 Å². The highest BCUT2D eigenvalue weighted by atomic mass is 16.2. The third-order valence-electron chi connectivity index (χ3n) is 3.79. The normalized spacial score (nSPS) is 24.2. The molecule has 1 fully saturated rings. The largest absolute Gasteiger partial charge is 0.325 e. The third-order valence-corrected chi connectivity index (χ3v) is 3.79. The summed E-state index contributed by atoms with van der Waals surface area (Å²) in [5, 5.41) is 3.51. The number of carbonyl (C=O) groups excluding carboxylic acids is 1. The van der Waals surface area contributed by atoms with E-state index in [4.69, 9.17) is 0 Å². The lowest BCUT2D eigenvalue weighted by Gasteiger charge is -2.35. The van der Waals surface area contributed by atoms with Crippen molar-refractivity contribution in [2.24, 2.45) is 11.3 Å².